The molecule has 1 N–H and O–H groups in total. The number of hydrogen-bond acceptors (Lipinski definition) is 3. The van der Waals surface area contributed by atoms with Crippen LogP contribution in [0.15, 0.2) is 41.5 Å². The minimum absolute atomic E-state index is 0.00125. The lowest BCUT2D eigenvalue weighted by atomic mass is 10.1. The third-order valence-corrected chi connectivity index (χ3v) is 5.07. The first-order valence-corrected chi connectivity index (χ1v) is 10.5. The Kier molecular flexibility index (Phi) is 7.84. The van der Waals surface area contributed by atoms with Gasteiger partial charge >= 0.3 is 0 Å². The average molecular weight is 432 g/mol. The van der Waals surface area contributed by atoms with Crippen molar-refractivity contribution in [2.24, 2.45) is 5.92 Å². The minimum atomic E-state index is -0.562. The van der Waals surface area contributed by atoms with Crippen molar-refractivity contribution < 1.29 is 9.59 Å². The van der Waals surface area contributed by atoms with Crippen LogP contribution in [-0.4, -0.2) is 34.9 Å². The molecule has 6 nitrogen and oxygen atoms in total. The average Bonchev–Trinajstić information content (AvgIpc) is 2.67. The summed E-state index contributed by atoms with van der Waals surface area (Å²) in [5.74, 6) is -0.639. The van der Waals surface area contributed by atoms with Crippen molar-refractivity contribution in [1.82, 2.24) is 14.8 Å². The molecule has 0 bridgehead atoms. The molecule has 30 heavy (non-hydrogen) atoms. The van der Waals surface area contributed by atoms with Gasteiger partial charge in [0.05, 0.1) is 6.04 Å². The van der Waals surface area contributed by atoms with E-state index in [0.717, 1.165) is 5.56 Å². The zero-order valence-corrected chi connectivity index (χ0v) is 19.2. The number of aromatic nitrogens is 1. The van der Waals surface area contributed by atoms with Crippen molar-refractivity contribution in [3.05, 3.63) is 68.6 Å². The van der Waals surface area contributed by atoms with Gasteiger partial charge in [0, 0.05) is 37.1 Å². The van der Waals surface area contributed by atoms with E-state index in [1.54, 1.807) is 23.7 Å². The number of halogens is 1. The van der Waals surface area contributed by atoms with Gasteiger partial charge in [-0.3, -0.25) is 14.4 Å². The molecule has 1 atom stereocenters. The van der Waals surface area contributed by atoms with Crippen LogP contribution in [0.2, 0.25) is 5.02 Å². The van der Waals surface area contributed by atoms with Gasteiger partial charge in [0.1, 0.15) is 11.1 Å². The van der Waals surface area contributed by atoms with Crippen molar-refractivity contribution in [2.45, 2.75) is 46.7 Å². The van der Waals surface area contributed by atoms with Crippen LogP contribution in [-0.2, 0) is 0 Å². The highest BCUT2D eigenvalue weighted by atomic mass is 35.5. The van der Waals surface area contributed by atoms with Crippen LogP contribution in [0.3, 0.4) is 0 Å². The third-order valence-electron chi connectivity index (χ3n) is 4.82. The van der Waals surface area contributed by atoms with Crippen molar-refractivity contribution in [2.75, 3.05) is 13.6 Å². The molecule has 162 valence electrons. The molecule has 0 saturated heterocycles. The fourth-order valence-electron chi connectivity index (χ4n) is 3.16. The van der Waals surface area contributed by atoms with Crippen LogP contribution in [0.4, 0.5) is 0 Å². The van der Waals surface area contributed by atoms with Crippen molar-refractivity contribution in [3.8, 4) is 0 Å². The maximum Gasteiger partial charge on any atom is 0.259 e. The third kappa shape index (κ3) is 5.72. The van der Waals surface area contributed by atoms with E-state index < -0.39 is 11.3 Å². The van der Waals surface area contributed by atoms with Crippen LogP contribution in [0, 0.1) is 5.92 Å². The quantitative estimate of drug-likeness (QED) is 0.710. The summed E-state index contributed by atoms with van der Waals surface area (Å²) < 4.78 is 1.72. The second kappa shape index (κ2) is 9.94. The Balaban J connectivity index is 2.39. The summed E-state index contributed by atoms with van der Waals surface area (Å²) in [6.45, 7) is 10.2. The van der Waals surface area contributed by atoms with Crippen molar-refractivity contribution >= 4 is 23.4 Å². The van der Waals surface area contributed by atoms with E-state index in [1.807, 2.05) is 46.8 Å². The molecular formula is C23H30ClN3O3. The standard InChI is InChI=1S/C23H30ClN3O3/c1-14(2)11-26(6)23(30)20-13-27(15(3)4)12-19(21(20)28)22(29)25-16(5)17-7-9-18(24)10-8-17/h7-10,12-16H,11H2,1-6H3,(H,25,29). The zero-order valence-electron chi connectivity index (χ0n) is 18.4. The van der Waals surface area contributed by atoms with Gasteiger partial charge in [-0.05, 0) is 44.4 Å². The molecule has 1 unspecified atom stereocenters. The smallest absolute Gasteiger partial charge is 0.259 e. The number of pyridine rings is 1. The number of carbonyl (C=O) groups excluding carboxylic acids is 2. The first-order chi connectivity index (χ1) is 14.0. The van der Waals surface area contributed by atoms with Crippen LogP contribution in [0.25, 0.3) is 0 Å². The Morgan fingerprint density at radius 2 is 1.60 bits per heavy atom. The van der Waals surface area contributed by atoms with Gasteiger partial charge in [0.2, 0.25) is 5.43 Å². The Morgan fingerprint density at radius 1 is 1.03 bits per heavy atom. The summed E-state index contributed by atoms with van der Waals surface area (Å²) in [4.78, 5) is 40.4. The molecule has 7 heteroatoms. The van der Waals surface area contributed by atoms with E-state index in [9.17, 15) is 14.4 Å². The van der Waals surface area contributed by atoms with Gasteiger partial charge in [0.15, 0.2) is 0 Å². The number of carbonyl (C=O) groups is 2. The number of amides is 2. The summed E-state index contributed by atoms with van der Waals surface area (Å²) in [7, 11) is 1.66. The molecule has 1 heterocycles. The molecule has 2 rings (SSSR count). The van der Waals surface area contributed by atoms with Gasteiger partial charge in [-0.15, -0.1) is 0 Å². The largest absolute Gasteiger partial charge is 0.350 e. The highest BCUT2D eigenvalue weighted by Crippen LogP contribution is 2.17. The van der Waals surface area contributed by atoms with Crippen LogP contribution < -0.4 is 10.7 Å². The Hall–Kier alpha value is -2.60. The van der Waals surface area contributed by atoms with Crippen molar-refractivity contribution in [3.63, 3.8) is 0 Å². The van der Waals surface area contributed by atoms with Gasteiger partial charge in [-0.25, -0.2) is 0 Å². The topological polar surface area (TPSA) is 71.4 Å². The lowest BCUT2D eigenvalue weighted by molar-refractivity contribution is 0.0777. The zero-order chi connectivity index (χ0) is 22.6. The summed E-state index contributed by atoms with van der Waals surface area (Å²) >= 11 is 5.92. The highest BCUT2D eigenvalue weighted by molar-refractivity contribution is 6.30. The lowest BCUT2D eigenvalue weighted by Crippen LogP contribution is -2.38. The van der Waals surface area contributed by atoms with Gasteiger partial charge in [-0.2, -0.15) is 0 Å². The molecule has 1 aromatic carbocycles. The number of benzene rings is 1. The SMILES string of the molecule is CC(C)CN(C)C(=O)c1cn(C(C)C)cc(C(=O)NC(C)c2ccc(Cl)cc2)c1=O. The van der Waals surface area contributed by atoms with Gasteiger partial charge < -0.3 is 14.8 Å². The number of rotatable bonds is 7. The molecule has 0 saturated carbocycles. The van der Waals surface area contributed by atoms with E-state index in [2.05, 4.69) is 5.32 Å². The first kappa shape index (κ1) is 23.7. The molecular weight excluding hydrogens is 402 g/mol. The van der Waals surface area contributed by atoms with E-state index in [4.69, 9.17) is 11.6 Å². The number of nitrogens with one attached hydrogen (secondary N) is 1. The Morgan fingerprint density at radius 3 is 2.13 bits per heavy atom. The summed E-state index contributed by atoms with van der Waals surface area (Å²) in [5.41, 5.74) is 0.251. The molecule has 0 aliphatic rings. The van der Waals surface area contributed by atoms with Gasteiger partial charge in [-0.1, -0.05) is 37.6 Å². The molecule has 1 aromatic heterocycles. The molecule has 2 aromatic rings. The molecule has 0 spiro atoms. The van der Waals surface area contributed by atoms with Crippen LogP contribution in [0.5, 0.6) is 0 Å². The van der Waals surface area contributed by atoms with E-state index in [1.165, 1.54) is 17.3 Å². The normalized spacial score (nSPS) is 12.2. The summed E-state index contributed by atoms with van der Waals surface area (Å²) in [6, 6.07) is 6.78. The van der Waals surface area contributed by atoms with E-state index >= 15 is 0 Å². The van der Waals surface area contributed by atoms with E-state index in [0.29, 0.717) is 11.6 Å². The minimum Gasteiger partial charge on any atom is -0.350 e. The molecule has 0 aliphatic carbocycles. The van der Waals surface area contributed by atoms with Gasteiger partial charge in [0.25, 0.3) is 11.8 Å². The predicted molar refractivity (Wildman–Crippen MR) is 120 cm³/mol. The molecule has 0 fully saturated rings. The first-order valence-electron chi connectivity index (χ1n) is 10.1. The van der Waals surface area contributed by atoms with Crippen molar-refractivity contribution in [1.29, 1.82) is 0 Å². The Labute approximate surface area is 182 Å². The molecule has 0 radical (unpaired) electrons. The second-order valence-electron chi connectivity index (χ2n) is 8.28. The Bertz CT molecular complexity index is 965. The second-order valence-corrected chi connectivity index (χ2v) is 8.72. The van der Waals surface area contributed by atoms with Crippen LogP contribution >= 0.6 is 11.6 Å². The summed E-state index contributed by atoms with van der Waals surface area (Å²) in [5, 5.41) is 3.45. The maximum atomic E-state index is 13.0. The predicted octanol–water partition coefficient (Wildman–Crippen LogP) is 4.30. The van der Waals surface area contributed by atoms with Crippen LogP contribution in [0.1, 0.15) is 73.0 Å². The highest BCUT2D eigenvalue weighted by Gasteiger charge is 2.23. The fourth-order valence-corrected chi connectivity index (χ4v) is 3.28. The number of hydrogen-bond donors (Lipinski definition) is 1. The monoisotopic (exact) mass is 431 g/mol. The molecule has 0 aliphatic heterocycles. The lowest BCUT2D eigenvalue weighted by Gasteiger charge is -2.21. The summed E-state index contributed by atoms with van der Waals surface area (Å²) in [6.07, 6.45) is 3.04. The maximum absolute atomic E-state index is 13.0. The molecule has 2 amide bonds. The number of nitrogens with zero attached hydrogens (tertiary/aromatic N) is 2. The van der Waals surface area contributed by atoms with E-state index in [-0.39, 0.29) is 35.0 Å². The fraction of sp³-hybridized carbons (Fsp3) is 0.435.